The molecule has 1 aliphatic rings. The second-order valence-corrected chi connectivity index (χ2v) is 6.08. The molecule has 1 aliphatic heterocycles. The Balaban J connectivity index is 2.66. The van der Waals surface area contributed by atoms with Crippen LogP contribution in [-0.4, -0.2) is 55.3 Å². The number of carbonyl (C=O) groups is 2. The number of hydrogen-bond acceptors (Lipinski definition) is 8. The van der Waals surface area contributed by atoms with Gasteiger partial charge in [-0.1, -0.05) is 6.08 Å². The highest BCUT2D eigenvalue weighted by Crippen LogP contribution is 2.39. The van der Waals surface area contributed by atoms with E-state index in [9.17, 15) is 9.59 Å². The SMILES string of the molecule is CCOC(=O)c1c(C(OCC)OCC)nn2c1C(COC(C)=O)(OC)CC=C2. The number of ether oxygens (including phenoxy) is 5. The number of aromatic nitrogens is 2. The molecular formula is C19H28N2O7. The predicted octanol–water partition coefficient (Wildman–Crippen LogP) is 2.41. The molecular weight excluding hydrogens is 368 g/mol. The van der Waals surface area contributed by atoms with E-state index >= 15 is 0 Å². The monoisotopic (exact) mass is 396 g/mol. The van der Waals surface area contributed by atoms with E-state index in [1.54, 1.807) is 13.1 Å². The number of rotatable bonds is 10. The molecule has 1 aromatic rings. The first-order valence-electron chi connectivity index (χ1n) is 9.32. The Morgan fingerprint density at radius 2 is 1.86 bits per heavy atom. The molecule has 0 spiro atoms. The Hall–Kier alpha value is -2.23. The first-order valence-corrected chi connectivity index (χ1v) is 9.32. The van der Waals surface area contributed by atoms with E-state index in [1.165, 1.54) is 18.7 Å². The molecule has 1 aromatic heterocycles. The zero-order chi connectivity index (χ0) is 20.7. The molecule has 0 fully saturated rings. The van der Waals surface area contributed by atoms with Gasteiger partial charge in [-0.15, -0.1) is 0 Å². The average molecular weight is 396 g/mol. The van der Waals surface area contributed by atoms with Gasteiger partial charge < -0.3 is 23.7 Å². The standard InChI is InChI=1S/C19H28N2O7/c1-6-25-17(23)14-15(18(26-7-2)27-8-3)20-21-11-9-10-19(24-5,16(14)21)12-28-13(4)22/h9,11,18H,6-8,10,12H2,1-5H3. The highest BCUT2D eigenvalue weighted by atomic mass is 16.7. The van der Waals surface area contributed by atoms with Gasteiger partial charge in [-0.05, 0) is 20.8 Å². The van der Waals surface area contributed by atoms with E-state index in [0.717, 1.165) is 0 Å². The van der Waals surface area contributed by atoms with Crippen LogP contribution in [0.15, 0.2) is 6.08 Å². The molecule has 28 heavy (non-hydrogen) atoms. The third kappa shape index (κ3) is 4.43. The van der Waals surface area contributed by atoms with Crippen molar-refractivity contribution in [1.29, 1.82) is 0 Å². The highest BCUT2D eigenvalue weighted by Gasteiger charge is 2.45. The van der Waals surface area contributed by atoms with E-state index in [-0.39, 0.29) is 18.8 Å². The van der Waals surface area contributed by atoms with Crippen molar-refractivity contribution >= 4 is 18.1 Å². The molecule has 0 aliphatic carbocycles. The molecule has 9 heteroatoms. The second-order valence-electron chi connectivity index (χ2n) is 6.08. The maximum Gasteiger partial charge on any atom is 0.342 e. The van der Waals surface area contributed by atoms with Crippen LogP contribution < -0.4 is 0 Å². The van der Waals surface area contributed by atoms with Crippen LogP contribution in [0.4, 0.5) is 0 Å². The molecule has 0 saturated carbocycles. The number of carbonyl (C=O) groups excluding carboxylic acids is 2. The van der Waals surface area contributed by atoms with E-state index < -0.39 is 23.8 Å². The van der Waals surface area contributed by atoms with Gasteiger partial charge in [0.15, 0.2) is 0 Å². The molecule has 0 aromatic carbocycles. The normalized spacial score (nSPS) is 18.2. The topological polar surface area (TPSA) is 98.1 Å². The van der Waals surface area contributed by atoms with Gasteiger partial charge in [-0.3, -0.25) is 4.79 Å². The van der Waals surface area contributed by atoms with Gasteiger partial charge in [0.1, 0.15) is 23.5 Å². The molecule has 2 rings (SSSR count). The average Bonchev–Trinajstić information content (AvgIpc) is 3.07. The molecule has 2 heterocycles. The molecule has 156 valence electrons. The maximum atomic E-state index is 12.9. The van der Waals surface area contributed by atoms with Crippen LogP contribution >= 0.6 is 0 Å². The van der Waals surface area contributed by atoms with Crippen molar-refractivity contribution in [3.05, 3.63) is 23.0 Å². The molecule has 0 bridgehead atoms. The lowest BCUT2D eigenvalue weighted by Gasteiger charge is -2.33. The van der Waals surface area contributed by atoms with Crippen molar-refractivity contribution in [2.75, 3.05) is 33.5 Å². The lowest BCUT2D eigenvalue weighted by molar-refractivity contribution is -0.152. The van der Waals surface area contributed by atoms with Crippen molar-refractivity contribution in [1.82, 2.24) is 9.78 Å². The van der Waals surface area contributed by atoms with Crippen molar-refractivity contribution < 1.29 is 33.3 Å². The van der Waals surface area contributed by atoms with Crippen LogP contribution in [0.2, 0.25) is 0 Å². The van der Waals surface area contributed by atoms with Crippen LogP contribution in [0.25, 0.3) is 6.20 Å². The maximum absolute atomic E-state index is 12.9. The first-order chi connectivity index (χ1) is 13.4. The smallest absolute Gasteiger partial charge is 0.342 e. The Labute approximate surface area is 164 Å². The Bertz CT molecular complexity index is 722. The molecule has 9 nitrogen and oxygen atoms in total. The number of hydrogen-bond donors (Lipinski definition) is 0. The minimum atomic E-state index is -1.09. The molecule has 0 radical (unpaired) electrons. The van der Waals surface area contributed by atoms with Crippen LogP contribution in [0.5, 0.6) is 0 Å². The van der Waals surface area contributed by atoms with Crippen LogP contribution in [0.3, 0.4) is 0 Å². The highest BCUT2D eigenvalue weighted by molar-refractivity contribution is 5.93. The summed E-state index contributed by atoms with van der Waals surface area (Å²) in [7, 11) is 1.50. The lowest BCUT2D eigenvalue weighted by Crippen LogP contribution is -2.39. The number of methoxy groups -OCH3 is 1. The Kier molecular flexibility index (Phi) is 7.73. The zero-order valence-electron chi connectivity index (χ0n) is 17.0. The number of fused-ring (bicyclic) bond motifs is 1. The first kappa shape index (κ1) is 22.1. The molecule has 0 N–H and O–H groups in total. The minimum Gasteiger partial charge on any atom is -0.462 e. The summed E-state index contributed by atoms with van der Waals surface area (Å²) in [5, 5.41) is 4.52. The fourth-order valence-electron chi connectivity index (χ4n) is 3.10. The van der Waals surface area contributed by atoms with Gasteiger partial charge in [0, 0.05) is 39.9 Å². The molecule has 1 atom stereocenters. The van der Waals surface area contributed by atoms with Crippen molar-refractivity contribution in [3.63, 3.8) is 0 Å². The van der Waals surface area contributed by atoms with Crippen LogP contribution in [0.1, 0.15) is 62.2 Å². The second kappa shape index (κ2) is 9.81. The number of nitrogens with zero attached hydrogens (tertiary/aromatic N) is 2. The van der Waals surface area contributed by atoms with E-state index in [4.69, 9.17) is 23.7 Å². The largest absolute Gasteiger partial charge is 0.462 e. The summed E-state index contributed by atoms with van der Waals surface area (Å²) >= 11 is 0. The van der Waals surface area contributed by atoms with E-state index in [1.807, 2.05) is 19.9 Å². The van der Waals surface area contributed by atoms with Gasteiger partial charge in [-0.2, -0.15) is 5.10 Å². The fourth-order valence-corrected chi connectivity index (χ4v) is 3.10. The Morgan fingerprint density at radius 3 is 2.39 bits per heavy atom. The van der Waals surface area contributed by atoms with Crippen molar-refractivity contribution in [3.8, 4) is 0 Å². The summed E-state index contributed by atoms with van der Waals surface area (Å²) < 4.78 is 29.1. The van der Waals surface area contributed by atoms with Gasteiger partial charge in [-0.25, -0.2) is 9.48 Å². The lowest BCUT2D eigenvalue weighted by atomic mass is 9.90. The molecule has 0 amide bonds. The predicted molar refractivity (Wildman–Crippen MR) is 99.4 cm³/mol. The summed E-state index contributed by atoms with van der Waals surface area (Å²) in [6.07, 6.45) is 3.11. The molecule has 1 unspecified atom stereocenters. The summed E-state index contributed by atoms with van der Waals surface area (Å²) in [5.41, 5.74) is -0.145. The fraction of sp³-hybridized carbons (Fsp3) is 0.632. The van der Waals surface area contributed by atoms with Gasteiger partial charge in [0.05, 0.1) is 12.3 Å². The summed E-state index contributed by atoms with van der Waals surface area (Å²) in [6, 6.07) is 0. The summed E-state index contributed by atoms with van der Waals surface area (Å²) in [4.78, 5) is 24.3. The zero-order valence-corrected chi connectivity index (χ0v) is 17.0. The van der Waals surface area contributed by atoms with E-state index in [2.05, 4.69) is 5.10 Å². The Morgan fingerprint density at radius 1 is 1.18 bits per heavy atom. The third-order valence-corrected chi connectivity index (χ3v) is 4.30. The van der Waals surface area contributed by atoms with Gasteiger partial charge in [0.2, 0.25) is 6.29 Å². The van der Waals surface area contributed by atoms with Crippen LogP contribution in [-0.2, 0) is 34.1 Å². The van der Waals surface area contributed by atoms with Crippen molar-refractivity contribution in [2.45, 2.75) is 46.0 Å². The summed E-state index contributed by atoms with van der Waals surface area (Å²) in [6.45, 7) is 7.54. The van der Waals surface area contributed by atoms with E-state index in [0.29, 0.717) is 31.0 Å². The minimum absolute atomic E-state index is 0.0748. The van der Waals surface area contributed by atoms with Crippen molar-refractivity contribution in [2.24, 2.45) is 0 Å². The quantitative estimate of drug-likeness (QED) is 0.439. The summed E-state index contributed by atoms with van der Waals surface area (Å²) in [5.74, 6) is -1.01. The van der Waals surface area contributed by atoms with Crippen LogP contribution in [0, 0.1) is 0 Å². The molecule has 0 saturated heterocycles. The van der Waals surface area contributed by atoms with Gasteiger partial charge in [0.25, 0.3) is 0 Å². The third-order valence-electron chi connectivity index (χ3n) is 4.30. The van der Waals surface area contributed by atoms with Gasteiger partial charge >= 0.3 is 11.9 Å². The number of esters is 2.